The molecule has 0 heterocycles. The molecule has 1 aromatic rings. The number of aryl methyl sites for hydroxylation is 1. The normalized spacial score (nSPS) is 12.5. The van der Waals surface area contributed by atoms with E-state index in [1.807, 2.05) is 14.0 Å². The Balaban J connectivity index is 2.68. The van der Waals surface area contributed by atoms with Crippen LogP contribution >= 0.6 is 0 Å². The zero-order valence-corrected chi connectivity index (χ0v) is 10.2. The fourth-order valence-electron chi connectivity index (χ4n) is 1.68. The van der Waals surface area contributed by atoms with Crippen LogP contribution in [0.1, 0.15) is 25.3 Å². The van der Waals surface area contributed by atoms with Gasteiger partial charge in [0.25, 0.3) is 0 Å². The minimum Gasteiger partial charge on any atom is -0.489 e. The van der Waals surface area contributed by atoms with Crippen molar-refractivity contribution in [3.63, 3.8) is 0 Å². The third-order valence-electron chi connectivity index (χ3n) is 2.47. The van der Waals surface area contributed by atoms with Crippen LogP contribution in [0, 0.1) is 12.7 Å². The van der Waals surface area contributed by atoms with Crippen LogP contribution in [0.2, 0.25) is 0 Å². The molecule has 0 aliphatic carbocycles. The van der Waals surface area contributed by atoms with Gasteiger partial charge in [-0.1, -0.05) is 13.3 Å². The monoisotopic (exact) mass is 225 g/mol. The van der Waals surface area contributed by atoms with E-state index in [0.29, 0.717) is 0 Å². The van der Waals surface area contributed by atoms with Gasteiger partial charge < -0.3 is 10.1 Å². The smallest absolute Gasteiger partial charge is 0.123 e. The number of hydrogen-bond acceptors (Lipinski definition) is 2. The highest BCUT2D eigenvalue weighted by Crippen LogP contribution is 2.20. The fourth-order valence-corrected chi connectivity index (χ4v) is 1.68. The van der Waals surface area contributed by atoms with Gasteiger partial charge in [0.05, 0.1) is 0 Å². The predicted octanol–water partition coefficient (Wildman–Crippen LogP) is 2.90. The van der Waals surface area contributed by atoms with Gasteiger partial charge in [-0.05, 0) is 44.2 Å². The lowest BCUT2D eigenvalue weighted by molar-refractivity contribution is 0.188. The van der Waals surface area contributed by atoms with E-state index in [0.717, 1.165) is 30.7 Å². The van der Waals surface area contributed by atoms with Crippen LogP contribution < -0.4 is 10.1 Å². The van der Waals surface area contributed by atoms with Crippen LogP contribution in [0.4, 0.5) is 4.39 Å². The van der Waals surface area contributed by atoms with Crippen molar-refractivity contribution < 1.29 is 9.13 Å². The van der Waals surface area contributed by atoms with E-state index in [1.54, 1.807) is 6.07 Å². The Morgan fingerprint density at radius 3 is 2.75 bits per heavy atom. The molecule has 0 aliphatic rings. The first-order valence-corrected chi connectivity index (χ1v) is 5.74. The van der Waals surface area contributed by atoms with Crippen LogP contribution in [0.15, 0.2) is 18.2 Å². The second-order valence-corrected chi connectivity index (χ2v) is 4.00. The standard InChI is InChI=1S/C13H20FNO/c1-4-5-12(9-15-3)16-13-7-6-11(14)8-10(13)2/h6-8,12,15H,4-5,9H2,1-3H3. The third kappa shape index (κ3) is 3.81. The van der Waals surface area contributed by atoms with Gasteiger partial charge in [0.2, 0.25) is 0 Å². The molecule has 0 fully saturated rings. The van der Waals surface area contributed by atoms with E-state index in [2.05, 4.69) is 12.2 Å². The molecule has 90 valence electrons. The van der Waals surface area contributed by atoms with Gasteiger partial charge in [-0.3, -0.25) is 0 Å². The zero-order valence-electron chi connectivity index (χ0n) is 10.2. The van der Waals surface area contributed by atoms with Gasteiger partial charge >= 0.3 is 0 Å². The highest BCUT2D eigenvalue weighted by Gasteiger charge is 2.10. The molecule has 0 amide bonds. The lowest BCUT2D eigenvalue weighted by Crippen LogP contribution is -2.29. The minimum absolute atomic E-state index is 0.152. The number of halogens is 1. The van der Waals surface area contributed by atoms with Crippen molar-refractivity contribution in [3.8, 4) is 5.75 Å². The first-order chi connectivity index (χ1) is 7.67. The van der Waals surface area contributed by atoms with E-state index in [-0.39, 0.29) is 11.9 Å². The summed E-state index contributed by atoms with van der Waals surface area (Å²) in [6, 6.07) is 4.63. The Morgan fingerprint density at radius 1 is 1.44 bits per heavy atom. The van der Waals surface area contributed by atoms with Gasteiger partial charge in [0.15, 0.2) is 0 Å². The van der Waals surface area contributed by atoms with E-state index in [9.17, 15) is 4.39 Å². The number of likely N-dealkylation sites (N-methyl/N-ethyl adjacent to an activating group) is 1. The SMILES string of the molecule is CCCC(CNC)Oc1ccc(F)cc1C. The van der Waals surface area contributed by atoms with Crippen molar-refractivity contribution in [2.24, 2.45) is 0 Å². The van der Waals surface area contributed by atoms with Crippen molar-refractivity contribution in [2.45, 2.75) is 32.8 Å². The summed E-state index contributed by atoms with van der Waals surface area (Å²) in [5, 5.41) is 3.10. The molecule has 0 bridgehead atoms. The second kappa shape index (κ2) is 6.48. The highest BCUT2D eigenvalue weighted by molar-refractivity contribution is 5.32. The first kappa shape index (κ1) is 13.0. The number of nitrogens with one attached hydrogen (secondary N) is 1. The van der Waals surface area contributed by atoms with E-state index in [4.69, 9.17) is 4.74 Å². The molecular weight excluding hydrogens is 205 g/mol. The van der Waals surface area contributed by atoms with Crippen molar-refractivity contribution in [1.82, 2.24) is 5.32 Å². The fraction of sp³-hybridized carbons (Fsp3) is 0.538. The van der Waals surface area contributed by atoms with Crippen LogP contribution in [0.5, 0.6) is 5.75 Å². The Bertz CT molecular complexity index is 322. The minimum atomic E-state index is -0.217. The van der Waals surface area contributed by atoms with Crippen LogP contribution in [-0.2, 0) is 0 Å². The zero-order chi connectivity index (χ0) is 12.0. The quantitative estimate of drug-likeness (QED) is 0.803. The van der Waals surface area contributed by atoms with Gasteiger partial charge in [0, 0.05) is 6.54 Å². The number of rotatable bonds is 6. The summed E-state index contributed by atoms with van der Waals surface area (Å²) >= 11 is 0. The van der Waals surface area contributed by atoms with Crippen molar-refractivity contribution in [2.75, 3.05) is 13.6 Å². The first-order valence-electron chi connectivity index (χ1n) is 5.74. The largest absolute Gasteiger partial charge is 0.489 e. The highest BCUT2D eigenvalue weighted by atomic mass is 19.1. The maximum absolute atomic E-state index is 12.9. The summed E-state index contributed by atoms with van der Waals surface area (Å²) in [6.45, 7) is 4.80. The molecule has 1 N–H and O–H groups in total. The summed E-state index contributed by atoms with van der Waals surface area (Å²) in [5.41, 5.74) is 0.845. The van der Waals surface area contributed by atoms with Crippen LogP contribution in [-0.4, -0.2) is 19.7 Å². The molecule has 0 aliphatic heterocycles. The van der Waals surface area contributed by atoms with Gasteiger partial charge in [-0.25, -0.2) is 4.39 Å². The molecule has 3 heteroatoms. The molecule has 0 spiro atoms. The number of ether oxygens (including phenoxy) is 1. The number of benzene rings is 1. The Kier molecular flexibility index (Phi) is 5.26. The predicted molar refractivity (Wildman–Crippen MR) is 64.4 cm³/mol. The molecule has 0 radical (unpaired) electrons. The topological polar surface area (TPSA) is 21.3 Å². The van der Waals surface area contributed by atoms with Gasteiger partial charge in [0.1, 0.15) is 17.7 Å². The Labute approximate surface area is 96.8 Å². The molecule has 1 unspecified atom stereocenters. The van der Waals surface area contributed by atoms with Crippen molar-refractivity contribution in [3.05, 3.63) is 29.6 Å². The Hall–Kier alpha value is -1.09. The van der Waals surface area contributed by atoms with Gasteiger partial charge in [-0.2, -0.15) is 0 Å². The molecule has 1 rings (SSSR count). The Morgan fingerprint density at radius 2 is 2.19 bits per heavy atom. The van der Waals surface area contributed by atoms with E-state index in [1.165, 1.54) is 12.1 Å². The molecule has 0 saturated carbocycles. The summed E-state index contributed by atoms with van der Waals surface area (Å²) in [5.74, 6) is 0.556. The molecule has 2 nitrogen and oxygen atoms in total. The van der Waals surface area contributed by atoms with Crippen molar-refractivity contribution in [1.29, 1.82) is 0 Å². The summed E-state index contributed by atoms with van der Waals surface area (Å²) in [4.78, 5) is 0. The summed E-state index contributed by atoms with van der Waals surface area (Å²) < 4.78 is 18.8. The van der Waals surface area contributed by atoms with E-state index < -0.39 is 0 Å². The second-order valence-electron chi connectivity index (χ2n) is 4.00. The van der Waals surface area contributed by atoms with Crippen LogP contribution in [0.3, 0.4) is 0 Å². The summed E-state index contributed by atoms with van der Waals surface area (Å²) in [6.07, 6.45) is 2.23. The maximum atomic E-state index is 12.9. The number of hydrogen-bond donors (Lipinski definition) is 1. The summed E-state index contributed by atoms with van der Waals surface area (Å²) in [7, 11) is 1.91. The lowest BCUT2D eigenvalue weighted by Gasteiger charge is -2.19. The van der Waals surface area contributed by atoms with Crippen molar-refractivity contribution >= 4 is 0 Å². The average Bonchev–Trinajstić information content (AvgIpc) is 2.23. The molecule has 0 aromatic heterocycles. The molecule has 1 atom stereocenters. The maximum Gasteiger partial charge on any atom is 0.123 e. The molecule has 16 heavy (non-hydrogen) atoms. The van der Waals surface area contributed by atoms with Gasteiger partial charge in [-0.15, -0.1) is 0 Å². The third-order valence-corrected chi connectivity index (χ3v) is 2.47. The molecule has 0 saturated heterocycles. The van der Waals surface area contributed by atoms with Crippen LogP contribution in [0.25, 0.3) is 0 Å². The lowest BCUT2D eigenvalue weighted by atomic mass is 10.2. The molecule has 1 aromatic carbocycles. The van der Waals surface area contributed by atoms with E-state index >= 15 is 0 Å². The average molecular weight is 225 g/mol. The molecular formula is C13H20FNO.